The molecule has 4 aliphatic heterocycles. The zero-order chi connectivity index (χ0) is 31.1. The average molecular weight is 600 g/mol. The minimum Gasteiger partial charge on any atom is -0.494 e. The number of rotatable bonds is 9. The minimum absolute atomic E-state index is 0.222. The third-order valence-electron chi connectivity index (χ3n) is 9.71. The molecule has 4 aliphatic rings. The number of amides is 3. The molecule has 0 saturated carbocycles. The van der Waals surface area contributed by atoms with Crippen LogP contribution in [0.1, 0.15) is 39.2 Å². The molecule has 0 radical (unpaired) electrons. The first-order valence-corrected chi connectivity index (χ1v) is 15.7. The molecule has 3 amide bonds. The van der Waals surface area contributed by atoms with Crippen molar-refractivity contribution in [2.45, 2.75) is 63.4 Å². The van der Waals surface area contributed by atoms with Gasteiger partial charge in [0.05, 0.1) is 36.7 Å². The summed E-state index contributed by atoms with van der Waals surface area (Å²) in [7, 11) is 0. The molecule has 0 aromatic heterocycles. The topological polar surface area (TPSA) is 99.6 Å². The largest absolute Gasteiger partial charge is 0.494 e. The van der Waals surface area contributed by atoms with E-state index < -0.39 is 35.1 Å². The summed E-state index contributed by atoms with van der Waals surface area (Å²) in [5, 5.41) is 10.4. The van der Waals surface area contributed by atoms with E-state index in [0.717, 1.165) is 5.56 Å². The number of benzene rings is 2. The number of hydrogen-bond donors (Lipinski definition) is 1. The van der Waals surface area contributed by atoms with Crippen LogP contribution in [-0.4, -0.2) is 82.2 Å². The lowest BCUT2D eigenvalue weighted by molar-refractivity contribution is -0.155. The fraction of sp³-hybridized carbons (Fsp3) is 0.457. The van der Waals surface area contributed by atoms with Crippen LogP contribution in [0.25, 0.3) is 0 Å². The highest BCUT2D eigenvalue weighted by molar-refractivity contribution is 6.04. The van der Waals surface area contributed by atoms with Gasteiger partial charge < -0.3 is 29.3 Å². The summed E-state index contributed by atoms with van der Waals surface area (Å²) in [6, 6.07) is 15.5. The predicted molar refractivity (Wildman–Crippen MR) is 166 cm³/mol. The van der Waals surface area contributed by atoms with Gasteiger partial charge in [0.1, 0.15) is 17.4 Å². The van der Waals surface area contributed by atoms with Gasteiger partial charge in [-0.15, -0.1) is 0 Å². The maximum absolute atomic E-state index is 14.7. The standard InChI is InChI=1S/C35H41N3O6/c1-4-25(23-39)38-30-33(42)36(22-24-12-8-7-9-13-24)20-11-19-35(30)29(32(38)41)28-31(40)37(21-10-18-34(28,5-2)44-35)26-14-16-27(17-15-26)43-6-3/h7-19,25,28-30,39H,4-6,20-23H2,1-3H3/t25-,28-,29-,30?,34+,35-/m0/s1. The second-order valence-corrected chi connectivity index (χ2v) is 12.0. The number of aliphatic hydroxyl groups excluding tert-OH is 1. The third kappa shape index (κ3) is 4.64. The van der Waals surface area contributed by atoms with Gasteiger partial charge in [-0.25, -0.2) is 0 Å². The van der Waals surface area contributed by atoms with Gasteiger partial charge in [0.2, 0.25) is 17.7 Å². The monoisotopic (exact) mass is 599 g/mol. The minimum atomic E-state index is -1.37. The van der Waals surface area contributed by atoms with E-state index in [1.54, 1.807) is 9.80 Å². The summed E-state index contributed by atoms with van der Waals surface area (Å²) in [6.45, 7) is 7.03. The van der Waals surface area contributed by atoms with E-state index in [4.69, 9.17) is 9.47 Å². The van der Waals surface area contributed by atoms with Crippen LogP contribution in [-0.2, 0) is 25.7 Å². The van der Waals surface area contributed by atoms with Crippen LogP contribution in [0.5, 0.6) is 5.75 Å². The number of fused-ring (bicyclic) bond motifs is 2. The predicted octanol–water partition coefficient (Wildman–Crippen LogP) is 3.72. The Hall–Kier alpha value is -3.95. The SMILES string of the molecule is CCOc1ccc(N2CC=C[C@@]3(CC)O[C@]45C=CCN(Cc6ccccc6)C(=O)C4N([C@@H](CC)CO)C(=O)[C@@H]5[C@H]3C2=O)cc1. The summed E-state index contributed by atoms with van der Waals surface area (Å²) in [4.78, 5) is 48.9. The molecular weight excluding hydrogens is 558 g/mol. The van der Waals surface area contributed by atoms with Crippen LogP contribution in [0, 0.1) is 11.8 Å². The first-order chi connectivity index (χ1) is 21.3. The van der Waals surface area contributed by atoms with Gasteiger partial charge in [-0.05, 0) is 49.6 Å². The molecule has 1 N–H and O–H groups in total. The number of carbonyl (C=O) groups is 3. The maximum Gasteiger partial charge on any atom is 0.249 e. The highest BCUT2D eigenvalue weighted by Crippen LogP contribution is 2.59. The highest BCUT2D eigenvalue weighted by Gasteiger charge is 2.75. The van der Waals surface area contributed by atoms with Crippen LogP contribution in [0.3, 0.4) is 0 Å². The van der Waals surface area contributed by atoms with Crippen LogP contribution in [0.4, 0.5) is 5.69 Å². The quantitative estimate of drug-likeness (QED) is 0.442. The maximum atomic E-state index is 14.7. The normalized spacial score (nSPS) is 30.1. The molecule has 9 nitrogen and oxygen atoms in total. The molecule has 4 heterocycles. The highest BCUT2D eigenvalue weighted by atomic mass is 16.5. The third-order valence-corrected chi connectivity index (χ3v) is 9.71. The van der Waals surface area contributed by atoms with Crippen LogP contribution in [0.2, 0.25) is 0 Å². The van der Waals surface area contributed by atoms with Gasteiger partial charge in [0.25, 0.3) is 0 Å². The number of hydrogen-bond acceptors (Lipinski definition) is 6. The van der Waals surface area contributed by atoms with E-state index >= 15 is 0 Å². The van der Waals surface area contributed by atoms with Crippen LogP contribution >= 0.6 is 0 Å². The van der Waals surface area contributed by atoms with Crippen molar-refractivity contribution in [3.8, 4) is 5.75 Å². The van der Waals surface area contributed by atoms with E-state index in [9.17, 15) is 19.5 Å². The van der Waals surface area contributed by atoms with Crippen molar-refractivity contribution in [1.29, 1.82) is 0 Å². The molecule has 0 aliphatic carbocycles. The number of carbonyl (C=O) groups excluding carboxylic acids is 3. The lowest BCUT2D eigenvalue weighted by Gasteiger charge is -2.40. The van der Waals surface area contributed by atoms with Crippen LogP contribution < -0.4 is 9.64 Å². The Balaban J connectivity index is 1.45. The summed E-state index contributed by atoms with van der Waals surface area (Å²) >= 11 is 0. The summed E-state index contributed by atoms with van der Waals surface area (Å²) in [6.07, 6.45) is 8.52. The molecule has 44 heavy (non-hydrogen) atoms. The second-order valence-electron chi connectivity index (χ2n) is 12.0. The second kappa shape index (κ2) is 11.9. The Morgan fingerprint density at radius 1 is 0.909 bits per heavy atom. The van der Waals surface area contributed by atoms with Gasteiger partial charge >= 0.3 is 0 Å². The van der Waals surface area contributed by atoms with E-state index in [2.05, 4.69) is 0 Å². The molecule has 2 fully saturated rings. The molecule has 2 aromatic carbocycles. The van der Waals surface area contributed by atoms with Gasteiger partial charge in [-0.3, -0.25) is 14.4 Å². The van der Waals surface area contributed by atoms with E-state index in [1.165, 1.54) is 4.90 Å². The van der Waals surface area contributed by atoms with Crippen molar-refractivity contribution < 1.29 is 29.0 Å². The fourth-order valence-electron chi connectivity index (χ4n) is 7.62. The molecule has 6 atom stereocenters. The zero-order valence-corrected chi connectivity index (χ0v) is 25.6. The Morgan fingerprint density at radius 2 is 1.64 bits per heavy atom. The number of ether oxygens (including phenoxy) is 2. The number of aliphatic hydroxyl groups is 1. The molecule has 2 saturated heterocycles. The fourth-order valence-corrected chi connectivity index (χ4v) is 7.62. The van der Waals surface area contributed by atoms with Crippen molar-refractivity contribution in [2.75, 3.05) is 31.2 Å². The summed E-state index contributed by atoms with van der Waals surface area (Å²) < 4.78 is 12.7. The lowest BCUT2D eigenvalue weighted by atomic mass is 9.73. The Kier molecular flexibility index (Phi) is 8.11. The van der Waals surface area contributed by atoms with E-state index in [1.807, 2.05) is 99.7 Å². The summed E-state index contributed by atoms with van der Waals surface area (Å²) in [5.74, 6) is -1.89. The van der Waals surface area contributed by atoms with Gasteiger partial charge in [0.15, 0.2) is 0 Å². The van der Waals surface area contributed by atoms with Crippen molar-refractivity contribution in [2.24, 2.45) is 11.8 Å². The van der Waals surface area contributed by atoms with Crippen LogP contribution in [0.15, 0.2) is 78.9 Å². The van der Waals surface area contributed by atoms with Crippen molar-refractivity contribution >= 4 is 23.4 Å². The average Bonchev–Trinajstić information content (AvgIpc) is 3.34. The van der Waals surface area contributed by atoms with Crippen molar-refractivity contribution in [3.63, 3.8) is 0 Å². The van der Waals surface area contributed by atoms with Crippen molar-refractivity contribution in [3.05, 3.63) is 84.5 Å². The van der Waals surface area contributed by atoms with E-state index in [0.29, 0.717) is 50.5 Å². The number of anilines is 1. The molecule has 1 unspecified atom stereocenters. The number of likely N-dealkylation sites (tertiary alicyclic amines) is 1. The first-order valence-electron chi connectivity index (χ1n) is 15.7. The smallest absolute Gasteiger partial charge is 0.249 e. The summed E-state index contributed by atoms with van der Waals surface area (Å²) in [5.41, 5.74) is -0.788. The molecule has 232 valence electrons. The zero-order valence-electron chi connectivity index (χ0n) is 25.6. The van der Waals surface area contributed by atoms with Gasteiger partial charge in [-0.1, -0.05) is 68.5 Å². The van der Waals surface area contributed by atoms with Gasteiger partial charge in [0, 0.05) is 25.3 Å². The molecule has 1 spiro atoms. The lowest BCUT2D eigenvalue weighted by Crippen LogP contribution is -2.58. The molecule has 9 heteroatoms. The number of nitrogens with zero attached hydrogens (tertiary/aromatic N) is 3. The molecule has 0 bridgehead atoms. The van der Waals surface area contributed by atoms with Crippen molar-refractivity contribution in [1.82, 2.24) is 9.80 Å². The molecule has 2 aromatic rings. The van der Waals surface area contributed by atoms with E-state index in [-0.39, 0.29) is 24.3 Å². The molecular formula is C35H41N3O6. The molecule has 6 rings (SSSR count). The Labute approximate surface area is 258 Å². The van der Waals surface area contributed by atoms with Gasteiger partial charge in [-0.2, -0.15) is 0 Å². The first kappa shape index (κ1) is 30.1. The Morgan fingerprint density at radius 3 is 2.30 bits per heavy atom. The Bertz CT molecular complexity index is 1450.